The van der Waals surface area contributed by atoms with Gasteiger partial charge in [-0.3, -0.25) is 19.7 Å². The minimum Gasteiger partial charge on any atom is -0.378 e. The van der Waals surface area contributed by atoms with Gasteiger partial charge in [-0.1, -0.05) is 18.5 Å². The molecule has 0 heterocycles. The number of carbonyl (C=O) groups is 2. The molecule has 1 aromatic rings. The molecule has 0 spiro atoms. The highest BCUT2D eigenvalue weighted by Crippen LogP contribution is 2.33. The number of hydrogen-bond acceptors (Lipinski definition) is 5. The summed E-state index contributed by atoms with van der Waals surface area (Å²) >= 11 is 5.98. The lowest BCUT2D eigenvalue weighted by Gasteiger charge is -2.10. The largest absolute Gasteiger partial charge is 0.378 e. The van der Waals surface area contributed by atoms with Gasteiger partial charge in [-0.05, 0) is 12.5 Å². The van der Waals surface area contributed by atoms with Crippen molar-refractivity contribution in [3.63, 3.8) is 0 Å². The molecule has 2 amide bonds. The van der Waals surface area contributed by atoms with Crippen molar-refractivity contribution >= 4 is 34.8 Å². The van der Waals surface area contributed by atoms with Crippen LogP contribution in [-0.4, -0.2) is 29.8 Å². The molecule has 0 radical (unpaired) electrons. The quantitative estimate of drug-likeness (QED) is 0.516. The molecule has 0 aromatic heterocycles. The van der Waals surface area contributed by atoms with Crippen molar-refractivity contribution in [2.24, 2.45) is 5.73 Å². The van der Waals surface area contributed by atoms with Gasteiger partial charge >= 0.3 is 0 Å². The Hall–Kier alpha value is -2.35. The Bertz CT molecular complexity index is 577. The highest BCUT2D eigenvalue weighted by atomic mass is 35.5. The third-order valence-electron chi connectivity index (χ3n) is 2.50. The van der Waals surface area contributed by atoms with Gasteiger partial charge in [0.15, 0.2) is 0 Å². The first-order valence-electron chi connectivity index (χ1n) is 6.15. The molecule has 1 rings (SSSR count). The Morgan fingerprint density at radius 2 is 2.10 bits per heavy atom. The van der Waals surface area contributed by atoms with Crippen molar-refractivity contribution in [2.75, 3.05) is 18.4 Å². The highest BCUT2D eigenvalue weighted by molar-refractivity contribution is 6.34. The minimum absolute atomic E-state index is 0.0185. The lowest BCUT2D eigenvalue weighted by atomic mass is 10.1. The van der Waals surface area contributed by atoms with Gasteiger partial charge in [0.05, 0.1) is 16.5 Å². The second-order valence-corrected chi connectivity index (χ2v) is 4.59. The summed E-state index contributed by atoms with van der Waals surface area (Å²) in [5.41, 5.74) is 4.75. The fraction of sp³-hybridized carbons (Fsp3) is 0.333. The molecule has 8 nitrogen and oxygen atoms in total. The molecular weight excluding hydrogens is 300 g/mol. The summed E-state index contributed by atoms with van der Waals surface area (Å²) in [6.07, 6.45) is 0.758. The van der Waals surface area contributed by atoms with Gasteiger partial charge in [0.2, 0.25) is 5.91 Å². The van der Waals surface area contributed by atoms with E-state index in [0.717, 1.165) is 12.5 Å². The summed E-state index contributed by atoms with van der Waals surface area (Å²) in [6.45, 7) is 2.05. The van der Waals surface area contributed by atoms with Gasteiger partial charge in [-0.15, -0.1) is 0 Å². The van der Waals surface area contributed by atoms with Crippen molar-refractivity contribution in [3.8, 4) is 0 Å². The van der Waals surface area contributed by atoms with Crippen molar-refractivity contribution in [1.29, 1.82) is 0 Å². The first-order chi connectivity index (χ1) is 9.86. The number of halogens is 1. The monoisotopic (exact) mass is 314 g/mol. The number of benzene rings is 1. The molecule has 0 bridgehead atoms. The van der Waals surface area contributed by atoms with Crippen molar-refractivity contribution in [1.82, 2.24) is 5.32 Å². The Morgan fingerprint density at radius 3 is 2.62 bits per heavy atom. The lowest BCUT2D eigenvalue weighted by Crippen LogP contribution is -2.33. The molecule has 1 aromatic carbocycles. The maximum absolute atomic E-state index is 11.8. The van der Waals surface area contributed by atoms with Crippen LogP contribution in [0.3, 0.4) is 0 Å². The topological polar surface area (TPSA) is 127 Å². The fourth-order valence-electron chi connectivity index (χ4n) is 1.56. The van der Waals surface area contributed by atoms with E-state index in [1.807, 2.05) is 6.92 Å². The van der Waals surface area contributed by atoms with E-state index >= 15 is 0 Å². The summed E-state index contributed by atoms with van der Waals surface area (Å²) in [5.74, 6) is -1.38. The zero-order valence-electron chi connectivity index (χ0n) is 11.3. The summed E-state index contributed by atoms with van der Waals surface area (Å²) in [4.78, 5) is 32.8. The van der Waals surface area contributed by atoms with Crippen LogP contribution in [0.5, 0.6) is 0 Å². The van der Waals surface area contributed by atoms with Gasteiger partial charge in [0, 0.05) is 18.2 Å². The number of hydrogen-bond donors (Lipinski definition) is 3. The predicted octanol–water partition coefficient (Wildman–Crippen LogP) is 1.29. The molecule has 0 aliphatic heterocycles. The number of nitro benzene ring substituents is 1. The van der Waals surface area contributed by atoms with E-state index in [4.69, 9.17) is 17.3 Å². The van der Waals surface area contributed by atoms with Crippen molar-refractivity contribution in [3.05, 3.63) is 32.8 Å². The number of nitro groups is 1. The molecule has 114 valence electrons. The van der Waals surface area contributed by atoms with E-state index < -0.39 is 16.7 Å². The van der Waals surface area contributed by atoms with E-state index in [0.29, 0.717) is 6.54 Å². The Morgan fingerprint density at radius 1 is 1.43 bits per heavy atom. The van der Waals surface area contributed by atoms with Crippen LogP contribution in [0.25, 0.3) is 0 Å². The highest BCUT2D eigenvalue weighted by Gasteiger charge is 2.21. The molecule has 0 saturated carbocycles. The average Bonchev–Trinajstić information content (AvgIpc) is 2.42. The first kappa shape index (κ1) is 16.7. The van der Waals surface area contributed by atoms with E-state index in [1.165, 1.54) is 6.07 Å². The number of primary amides is 1. The molecule has 0 aliphatic carbocycles. The number of amides is 2. The van der Waals surface area contributed by atoms with Gasteiger partial charge in [-0.2, -0.15) is 0 Å². The Kier molecular flexibility index (Phi) is 5.92. The maximum atomic E-state index is 11.8. The first-order valence-corrected chi connectivity index (χ1v) is 6.53. The van der Waals surface area contributed by atoms with E-state index in [9.17, 15) is 19.7 Å². The van der Waals surface area contributed by atoms with Crippen LogP contribution in [0.2, 0.25) is 5.02 Å². The minimum atomic E-state index is -0.717. The van der Waals surface area contributed by atoms with Crippen LogP contribution < -0.4 is 16.4 Å². The van der Waals surface area contributed by atoms with E-state index in [2.05, 4.69) is 10.6 Å². The molecular formula is C12H15ClN4O4. The molecule has 0 atom stereocenters. The van der Waals surface area contributed by atoms with E-state index in [1.54, 1.807) is 0 Å². The smallest absolute Gasteiger partial charge is 0.294 e. The second kappa shape index (κ2) is 7.44. The SMILES string of the molecule is CCCNc1c(Cl)cc(C(=O)NCC(N)=O)cc1[N+](=O)[O-]. The molecule has 0 unspecified atom stereocenters. The maximum Gasteiger partial charge on any atom is 0.294 e. The zero-order valence-corrected chi connectivity index (χ0v) is 12.1. The molecule has 9 heteroatoms. The zero-order chi connectivity index (χ0) is 16.0. The van der Waals surface area contributed by atoms with Crippen LogP contribution in [0, 0.1) is 10.1 Å². The molecule has 4 N–H and O–H groups in total. The Balaban J connectivity index is 3.11. The number of rotatable bonds is 7. The van der Waals surface area contributed by atoms with Crippen LogP contribution in [-0.2, 0) is 4.79 Å². The Labute approximate surface area is 125 Å². The van der Waals surface area contributed by atoms with Crippen molar-refractivity contribution < 1.29 is 14.5 Å². The van der Waals surface area contributed by atoms with Gasteiger partial charge in [0.25, 0.3) is 11.6 Å². The molecule has 0 saturated heterocycles. The van der Waals surface area contributed by atoms with Crippen LogP contribution in [0.4, 0.5) is 11.4 Å². The number of carbonyl (C=O) groups excluding carboxylic acids is 2. The summed E-state index contributed by atoms with van der Waals surface area (Å²) < 4.78 is 0. The third kappa shape index (κ3) is 4.60. The van der Waals surface area contributed by atoms with Gasteiger partial charge in [-0.25, -0.2) is 0 Å². The lowest BCUT2D eigenvalue weighted by molar-refractivity contribution is -0.384. The van der Waals surface area contributed by atoms with Crippen LogP contribution in [0.15, 0.2) is 12.1 Å². The number of anilines is 1. The van der Waals surface area contributed by atoms with Gasteiger partial charge < -0.3 is 16.4 Å². The second-order valence-electron chi connectivity index (χ2n) is 4.19. The van der Waals surface area contributed by atoms with E-state index in [-0.39, 0.29) is 28.5 Å². The predicted molar refractivity (Wildman–Crippen MR) is 78.4 cm³/mol. The molecule has 0 fully saturated rings. The molecule has 21 heavy (non-hydrogen) atoms. The summed E-state index contributed by atoms with van der Waals surface area (Å²) in [6, 6.07) is 2.39. The summed E-state index contributed by atoms with van der Waals surface area (Å²) in [5, 5.41) is 16.2. The number of nitrogens with zero attached hydrogens (tertiary/aromatic N) is 1. The fourth-order valence-corrected chi connectivity index (χ4v) is 1.84. The van der Waals surface area contributed by atoms with Gasteiger partial charge in [0.1, 0.15) is 5.69 Å². The van der Waals surface area contributed by atoms with Crippen LogP contribution >= 0.6 is 11.6 Å². The number of nitrogens with two attached hydrogens (primary N) is 1. The third-order valence-corrected chi connectivity index (χ3v) is 2.80. The number of nitrogens with one attached hydrogen (secondary N) is 2. The standard InChI is InChI=1S/C12H15ClN4O4/c1-2-3-15-11-8(13)4-7(5-9(11)17(20)21)12(19)16-6-10(14)18/h4-5,15H,2-3,6H2,1H3,(H2,14,18)(H,16,19). The van der Waals surface area contributed by atoms with Crippen molar-refractivity contribution in [2.45, 2.75) is 13.3 Å². The molecule has 0 aliphatic rings. The summed E-state index contributed by atoms with van der Waals surface area (Å²) in [7, 11) is 0. The van der Waals surface area contributed by atoms with Crippen LogP contribution in [0.1, 0.15) is 23.7 Å². The normalized spacial score (nSPS) is 10.0. The average molecular weight is 315 g/mol.